The van der Waals surface area contributed by atoms with Gasteiger partial charge in [-0.15, -0.1) is 11.3 Å². The Kier molecular flexibility index (Phi) is 4.58. The number of aliphatic carboxylic acids is 1. The first kappa shape index (κ1) is 14.1. The summed E-state index contributed by atoms with van der Waals surface area (Å²) in [5.41, 5.74) is 0. The van der Waals surface area contributed by atoms with E-state index in [9.17, 15) is 9.59 Å². The number of carbonyl (C=O) groups is 2. The number of aryl methyl sites for hydroxylation is 1. The van der Waals surface area contributed by atoms with Gasteiger partial charge in [-0.1, -0.05) is 13.0 Å². The van der Waals surface area contributed by atoms with Crippen LogP contribution in [0.25, 0.3) is 0 Å². The summed E-state index contributed by atoms with van der Waals surface area (Å²) < 4.78 is 0. The van der Waals surface area contributed by atoms with Gasteiger partial charge in [0.1, 0.15) is 0 Å². The van der Waals surface area contributed by atoms with Crippen LogP contribution in [0.15, 0.2) is 17.5 Å². The highest BCUT2D eigenvalue weighted by Gasteiger charge is 2.34. The zero-order chi connectivity index (χ0) is 13.8. The average Bonchev–Trinajstić information content (AvgIpc) is 3.08. The standard InChI is InChI=1S/C14H19NO3S/c1-10(14(17)18)9-15(11-4-5-11)13(16)7-6-12-3-2-8-19-12/h2-3,8,10-11H,4-7,9H2,1H3,(H,17,18). The number of carboxylic acids is 1. The molecule has 1 aliphatic carbocycles. The summed E-state index contributed by atoms with van der Waals surface area (Å²) in [5, 5.41) is 11.0. The first-order valence-corrected chi connectivity index (χ1v) is 7.50. The van der Waals surface area contributed by atoms with Gasteiger partial charge >= 0.3 is 5.97 Å². The molecule has 0 spiro atoms. The lowest BCUT2D eigenvalue weighted by molar-refractivity contribution is -0.143. The molecular formula is C14H19NO3S. The molecule has 1 unspecified atom stereocenters. The minimum Gasteiger partial charge on any atom is -0.481 e. The van der Waals surface area contributed by atoms with Crippen molar-refractivity contribution >= 4 is 23.2 Å². The molecule has 1 heterocycles. The van der Waals surface area contributed by atoms with Gasteiger partial charge in [-0.3, -0.25) is 9.59 Å². The highest BCUT2D eigenvalue weighted by atomic mass is 32.1. The van der Waals surface area contributed by atoms with E-state index >= 15 is 0 Å². The van der Waals surface area contributed by atoms with Crippen LogP contribution in [0.4, 0.5) is 0 Å². The number of amides is 1. The minimum atomic E-state index is -0.836. The van der Waals surface area contributed by atoms with Crippen LogP contribution in [-0.2, 0) is 16.0 Å². The SMILES string of the molecule is CC(CN(C(=O)CCc1cccs1)C1CC1)C(=O)O. The maximum Gasteiger partial charge on any atom is 0.308 e. The Labute approximate surface area is 117 Å². The number of carboxylic acid groups (broad SMARTS) is 1. The monoisotopic (exact) mass is 281 g/mol. The summed E-state index contributed by atoms with van der Waals surface area (Å²) in [7, 11) is 0. The predicted octanol–water partition coefficient (Wildman–Crippen LogP) is 2.39. The molecule has 2 rings (SSSR count). The fraction of sp³-hybridized carbons (Fsp3) is 0.571. The summed E-state index contributed by atoms with van der Waals surface area (Å²) in [6.45, 7) is 1.99. The van der Waals surface area contributed by atoms with Crippen molar-refractivity contribution in [3.8, 4) is 0 Å². The van der Waals surface area contributed by atoms with Gasteiger partial charge in [-0.2, -0.15) is 0 Å². The molecule has 5 heteroatoms. The van der Waals surface area contributed by atoms with Crippen LogP contribution in [0.2, 0.25) is 0 Å². The van der Waals surface area contributed by atoms with Crippen molar-refractivity contribution in [1.29, 1.82) is 0 Å². The van der Waals surface area contributed by atoms with E-state index < -0.39 is 11.9 Å². The molecule has 4 nitrogen and oxygen atoms in total. The van der Waals surface area contributed by atoms with E-state index in [1.807, 2.05) is 17.5 Å². The smallest absolute Gasteiger partial charge is 0.308 e. The van der Waals surface area contributed by atoms with Gasteiger partial charge in [0.05, 0.1) is 5.92 Å². The Morgan fingerprint density at radius 1 is 1.53 bits per heavy atom. The summed E-state index contributed by atoms with van der Waals surface area (Å²) >= 11 is 1.65. The van der Waals surface area contributed by atoms with Crippen molar-refractivity contribution in [2.75, 3.05) is 6.54 Å². The predicted molar refractivity (Wildman–Crippen MR) is 74.2 cm³/mol. The molecule has 0 aliphatic heterocycles. The number of carbonyl (C=O) groups excluding carboxylic acids is 1. The first-order chi connectivity index (χ1) is 9.08. The molecule has 1 aromatic heterocycles. The van der Waals surface area contributed by atoms with E-state index in [-0.39, 0.29) is 11.9 Å². The Balaban J connectivity index is 1.87. The van der Waals surface area contributed by atoms with Crippen molar-refractivity contribution in [2.24, 2.45) is 5.92 Å². The van der Waals surface area contributed by atoms with Gasteiger partial charge in [-0.25, -0.2) is 0 Å². The molecule has 19 heavy (non-hydrogen) atoms. The topological polar surface area (TPSA) is 57.6 Å². The van der Waals surface area contributed by atoms with E-state index in [0.29, 0.717) is 13.0 Å². The molecule has 1 N–H and O–H groups in total. The lowest BCUT2D eigenvalue weighted by Crippen LogP contribution is -2.38. The minimum absolute atomic E-state index is 0.0870. The number of thiophene rings is 1. The highest BCUT2D eigenvalue weighted by Crippen LogP contribution is 2.28. The third kappa shape index (κ3) is 4.06. The summed E-state index contributed by atoms with van der Waals surface area (Å²) in [6.07, 6.45) is 3.25. The molecule has 0 radical (unpaired) electrons. The molecule has 0 bridgehead atoms. The molecule has 1 aliphatic rings. The molecular weight excluding hydrogens is 262 g/mol. The normalized spacial score (nSPS) is 16.1. The fourth-order valence-corrected chi connectivity index (χ4v) is 2.75. The molecule has 1 fully saturated rings. The summed E-state index contributed by atoms with van der Waals surface area (Å²) in [6, 6.07) is 4.28. The van der Waals surface area contributed by atoms with Gasteiger partial charge in [0.25, 0.3) is 0 Å². The van der Waals surface area contributed by atoms with E-state index in [0.717, 1.165) is 19.3 Å². The Hall–Kier alpha value is -1.36. The molecule has 0 aromatic carbocycles. The van der Waals surface area contributed by atoms with Crippen molar-refractivity contribution in [3.63, 3.8) is 0 Å². The molecule has 1 aromatic rings. The molecule has 1 saturated carbocycles. The van der Waals surface area contributed by atoms with Crippen LogP contribution in [0.5, 0.6) is 0 Å². The Morgan fingerprint density at radius 2 is 2.26 bits per heavy atom. The van der Waals surface area contributed by atoms with Gasteiger partial charge in [0.2, 0.25) is 5.91 Å². The van der Waals surface area contributed by atoms with E-state index in [1.54, 1.807) is 23.2 Å². The maximum atomic E-state index is 12.2. The zero-order valence-electron chi connectivity index (χ0n) is 11.0. The van der Waals surface area contributed by atoms with Crippen LogP contribution in [0, 0.1) is 5.92 Å². The molecule has 1 amide bonds. The quantitative estimate of drug-likeness (QED) is 0.835. The second kappa shape index (κ2) is 6.19. The van der Waals surface area contributed by atoms with E-state index in [1.165, 1.54) is 4.88 Å². The lowest BCUT2D eigenvalue weighted by atomic mass is 10.1. The third-order valence-corrected chi connectivity index (χ3v) is 4.30. The second-order valence-electron chi connectivity index (χ2n) is 5.10. The van der Waals surface area contributed by atoms with Gasteiger partial charge < -0.3 is 10.0 Å². The number of hydrogen-bond donors (Lipinski definition) is 1. The van der Waals surface area contributed by atoms with Crippen LogP contribution in [-0.4, -0.2) is 34.5 Å². The lowest BCUT2D eigenvalue weighted by Gasteiger charge is -2.24. The van der Waals surface area contributed by atoms with Gasteiger partial charge in [0, 0.05) is 23.9 Å². The van der Waals surface area contributed by atoms with Crippen LogP contribution >= 0.6 is 11.3 Å². The van der Waals surface area contributed by atoms with Crippen LogP contribution < -0.4 is 0 Å². The molecule has 0 saturated heterocycles. The summed E-state index contributed by atoms with van der Waals surface area (Å²) in [5.74, 6) is -1.24. The van der Waals surface area contributed by atoms with Crippen molar-refractivity contribution < 1.29 is 14.7 Å². The van der Waals surface area contributed by atoms with E-state index in [4.69, 9.17) is 5.11 Å². The third-order valence-electron chi connectivity index (χ3n) is 3.37. The second-order valence-corrected chi connectivity index (χ2v) is 6.13. The first-order valence-electron chi connectivity index (χ1n) is 6.62. The zero-order valence-corrected chi connectivity index (χ0v) is 11.9. The Bertz CT molecular complexity index is 440. The highest BCUT2D eigenvalue weighted by molar-refractivity contribution is 7.09. The van der Waals surface area contributed by atoms with Gasteiger partial charge in [-0.05, 0) is 30.7 Å². The van der Waals surface area contributed by atoms with Crippen molar-refractivity contribution in [2.45, 2.75) is 38.6 Å². The maximum absolute atomic E-state index is 12.2. The number of nitrogens with zero attached hydrogens (tertiary/aromatic N) is 1. The molecule has 104 valence electrons. The number of rotatable bonds is 7. The van der Waals surface area contributed by atoms with Crippen molar-refractivity contribution in [3.05, 3.63) is 22.4 Å². The van der Waals surface area contributed by atoms with Crippen LogP contribution in [0.3, 0.4) is 0 Å². The Morgan fingerprint density at radius 3 is 2.79 bits per heavy atom. The van der Waals surface area contributed by atoms with E-state index in [2.05, 4.69) is 0 Å². The van der Waals surface area contributed by atoms with Crippen LogP contribution in [0.1, 0.15) is 31.1 Å². The van der Waals surface area contributed by atoms with Gasteiger partial charge in [0.15, 0.2) is 0 Å². The fourth-order valence-electron chi connectivity index (χ4n) is 2.04. The molecule has 1 atom stereocenters. The average molecular weight is 281 g/mol. The largest absolute Gasteiger partial charge is 0.481 e. The number of hydrogen-bond acceptors (Lipinski definition) is 3. The van der Waals surface area contributed by atoms with Crippen molar-refractivity contribution in [1.82, 2.24) is 4.90 Å². The summed E-state index contributed by atoms with van der Waals surface area (Å²) in [4.78, 5) is 26.1.